The van der Waals surface area contributed by atoms with Crippen LogP contribution in [-0.4, -0.2) is 29.1 Å². The summed E-state index contributed by atoms with van der Waals surface area (Å²) in [5.74, 6) is 0.0758. The van der Waals surface area contributed by atoms with E-state index in [0.29, 0.717) is 12.1 Å². The fraction of sp³-hybridized carbons (Fsp3) is 0.667. The predicted molar refractivity (Wildman–Crippen MR) is 77.5 cm³/mol. The second-order valence-corrected chi connectivity index (χ2v) is 5.58. The highest BCUT2D eigenvalue weighted by atomic mass is 16.1. The Balaban J connectivity index is 2.07. The molecule has 2 atom stereocenters. The molecule has 1 amide bonds. The van der Waals surface area contributed by atoms with E-state index < -0.39 is 0 Å². The average molecular weight is 263 g/mol. The summed E-state index contributed by atoms with van der Waals surface area (Å²) in [5.41, 5.74) is 3.05. The molecule has 0 aliphatic carbocycles. The van der Waals surface area contributed by atoms with E-state index >= 15 is 0 Å². The van der Waals surface area contributed by atoms with Gasteiger partial charge in [-0.15, -0.1) is 0 Å². The van der Waals surface area contributed by atoms with Crippen LogP contribution in [-0.2, 0) is 6.54 Å². The van der Waals surface area contributed by atoms with E-state index in [1.165, 1.54) is 0 Å². The number of nitrogens with zero attached hydrogens (tertiary/aromatic N) is 1. The zero-order valence-electron chi connectivity index (χ0n) is 12.4. The standard InChI is InChI=1S/C15H25N3O/c1-5-18-11(3)9-14(12(18)4)15(19)17-13-6-7-16-10(2)8-13/h9-10,13,16H,5-8H2,1-4H3,(H,17,19). The van der Waals surface area contributed by atoms with Crippen molar-refractivity contribution in [2.45, 2.75) is 59.2 Å². The van der Waals surface area contributed by atoms with Crippen LogP contribution in [0.4, 0.5) is 0 Å². The minimum atomic E-state index is 0.0758. The Kier molecular flexibility index (Phi) is 4.30. The summed E-state index contributed by atoms with van der Waals surface area (Å²) in [6, 6.07) is 2.79. The van der Waals surface area contributed by atoms with Crippen molar-refractivity contribution >= 4 is 5.91 Å². The Labute approximate surface area is 115 Å². The number of piperidine rings is 1. The maximum absolute atomic E-state index is 12.4. The predicted octanol–water partition coefficient (Wildman–Crippen LogP) is 2.00. The Bertz CT molecular complexity index is 464. The number of carbonyl (C=O) groups is 1. The van der Waals surface area contributed by atoms with Crippen molar-refractivity contribution < 1.29 is 4.79 Å². The summed E-state index contributed by atoms with van der Waals surface area (Å²) >= 11 is 0. The number of hydrogen-bond donors (Lipinski definition) is 2. The molecule has 0 bridgehead atoms. The van der Waals surface area contributed by atoms with Gasteiger partial charge >= 0.3 is 0 Å². The summed E-state index contributed by atoms with van der Waals surface area (Å²) in [6.45, 7) is 10.3. The summed E-state index contributed by atoms with van der Waals surface area (Å²) in [4.78, 5) is 12.4. The number of aromatic nitrogens is 1. The van der Waals surface area contributed by atoms with Gasteiger partial charge in [0, 0.05) is 30.0 Å². The molecule has 4 heteroatoms. The van der Waals surface area contributed by atoms with Gasteiger partial charge in [-0.25, -0.2) is 0 Å². The molecule has 2 N–H and O–H groups in total. The van der Waals surface area contributed by atoms with Crippen molar-refractivity contribution in [3.63, 3.8) is 0 Å². The Hall–Kier alpha value is -1.29. The molecule has 2 unspecified atom stereocenters. The van der Waals surface area contributed by atoms with Crippen molar-refractivity contribution in [1.29, 1.82) is 0 Å². The maximum Gasteiger partial charge on any atom is 0.253 e. The lowest BCUT2D eigenvalue weighted by atomic mass is 10.0. The van der Waals surface area contributed by atoms with Crippen LogP contribution in [0.1, 0.15) is 48.4 Å². The summed E-state index contributed by atoms with van der Waals surface area (Å²) in [5, 5.41) is 6.58. The summed E-state index contributed by atoms with van der Waals surface area (Å²) in [7, 11) is 0. The van der Waals surface area contributed by atoms with Gasteiger partial charge < -0.3 is 15.2 Å². The highest BCUT2D eigenvalue weighted by Crippen LogP contribution is 2.16. The van der Waals surface area contributed by atoms with Crippen molar-refractivity contribution in [3.8, 4) is 0 Å². The van der Waals surface area contributed by atoms with Crippen molar-refractivity contribution in [3.05, 3.63) is 23.0 Å². The number of amides is 1. The molecule has 0 radical (unpaired) electrons. The molecular formula is C15H25N3O. The lowest BCUT2D eigenvalue weighted by Gasteiger charge is -2.28. The topological polar surface area (TPSA) is 46.1 Å². The lowest BCUT2D eigenvalue weighted by Crippen LogP contribution is -2.46. The second-order valence-electron chi connectivity index (χ2n) is 5.58. The molecule has 0 saturated carbocycles. The Morgan fingerprint density at radius 2 is 2.26 bits per heavy atom. The average Bonchev–Trinajstić information content (AvgIpc) is 2.64. The van der Waals surface area contributed by atoms with E-state index in [1.54, 1.807) is 0 Å². The molecule has 4 nitrogen and oxygen atoms in total. The molecular weight excluding hydrogens is 238 g/mol. The SMILES string of the molecule is CCn1c(C)cc(C(=O)NC2CCNC(C)C2)c1C. The zero-order valence-corrected chi connectivity index (χ0v) is 12.4. The Morgan fingerprint density at radius 1 is 1.53 bits per heavy atom. The highest BCUT2D eigenvalue weighted by Gasteiger charge is 2.22. The van der Waals surface area contributed by atoms with Crippen LogP contribution in [0, 0.1) is 13.8 Å². The van der Waals surface area contributed by atoms with Gasteiger partial charge in [0.25, 0.3) is 5.91 Å². The van der Waals surface area contributed by atoms with Gasteiger partial charge in [0.2, 0.25) is 0 Å². The van der Waals surface area contributed by atoms with Gasteiger partial charge in [0.05, 0.1) is 5.56 Å². The normalized spacial score (nSPS) is 23.4. The quantitative estimate of drug-likeness (QED) is 0.876. The fourth-order valence-corrected chi connectivity index (χ4v) is 3.04. The molecule has 19 heavy (non-hydrogen) atoms. The first kappa shape index (κ1) is 14.1. The number of carbonyl (C=O) groups excluding carboxylic acids is 1. The smallest absolute Gasteiger partial charge is 0.253 e. The number of rotatable bonds is 3. The van der Waals surface area contributed by atoms with E-state index in [1.807, 2.05) is 13.0 Å². The van der Waals surface area contributed by atoms with Gasteiger partial charge in [-0.3, -0.25) is 4.79 Å². The first-order valence-corrected chi connectivity index (χ1v) is 7.24. The number of nitrogens with one attached hydrogen (secondary N) is 2. The van der Waals surface area contributed by atoms with Crippen LogP contribution in [0.5, 0.6) is 0 Å². The highest BCUT2D eigenvalue weighted by molar-refractivity contribution is 5.95. The van der Waals surface area contributed by atoms with Crippen LogP contribution in [0.15, 0.2) is 6.07 Å². The lowest BCUT2D eigenvalue weighted by molar-refractivity contribution is 0.0925. The van der Waals surface area contributed by atoms with E-state index in [-0.39, 0.29) is 5.91 Å². The number of hydrogen-bond acceptors (Lipinski definition) is 2. The van der Waals surface area contributed by atoms with Crippen LogP contribution < -0.4 is 10.6 Å². The molecule has 106 valence electrons. The second kappa shape index (κ2) is 5.78. The third-order valence-electron chi connectivity index (χ3n) is 4.09. The van der Waals surface area contributed by atoms with Crippen LogP contribution in [0.25, 0.3) is 0 Å². The minimum absolute atomic E-state index is 0.0758. The monoisotopic (exact) mass is 263 g/mol. The first-order chi connectivity index (χ1) is 9.02. The zero-order chi connectivity index (χ0) is 14.0. The van der Waals surface area contributed by atoms with Crippen LogP contribution in [0.2, 0.25) is 0 Å². The maximum atomic E-state index is 12.4. The third-order valence-corrected chi connectivity index (χ3v) is 4.09. The number of aryl methyl sites for hydroxylation is 1. The van der Waals surface area contributed by atoms with E-state index in [9.17, 15) is 4.79 Å². The van der Waals surface area contributed by atoms with Gasteiger partial charge in [0.1, 0.15) is 0 Å². The molecule has 2 heterocycles. The largest absolute Gasteiger partial charge is 0.349 e. The third kappa shape index (κ3) is 3.00. The van der Waals surface area contributed by atoms with Crippen molar-refractivity contribution in [2.75, 3.05) is 6.54 Å². The molecule has 1 aliphatic heterocycles. The summed E-state index contributed by atoms with van der Waals surface area (Å²) < 4.78 is 2.18. The van der Waals surface area contributed by atoms with Gasteiger partial charge in [-0.2, -0.15) is 0 Å². The van der Waals surface area contributed by atoms with Crippen LogP contribution >= 0.6 is 0 Å². The molecule has 1 aliphatic rings. The van der Waals surface area contributed by atoms with Crippen molar-refractivity contribution in [1.82, 2.24) is 15.2 Å². The molecule has 0 aromatic carbocycles. The van der Waals surface area contributed by atoms with Gasteiger partial charge in [0.15, 0.2) is 0 Å². The molecule has 1 aromatic rings. The van der Waals surface area contributed by atoms with E-state index in [0.717, 1.165) is 42.9 Å². The minimum Gasteiger partial charge on any atom is -0.349 e. The molecule has 1 saturated heterocycles. The molecule has 2 rings (SSSR count). The Morgan fingerprint density at radius 3 is 2.84 bits per heavy atom. The van der Waals surface area contributed by atoms with E-state index in [2.05, 4.69) is 36.0 Å². The van der Waals surface area contributed by atoms with Crippen molar-refractivity contribution in [2.24, 2.45) is 0 Å². The van der Waals surface area contributed by atoms with Crippen LogP contribution in [0.3, 0.4) is 0 Å². The van der Waals surface area contributed by atoms with Gasteiger partial charge in [-0.05, 0) is 53.1 Å². The van der Waals surface area contributed by atoms with Gasteiger partial charge in [-0.1, -0.05) is 0 Å². The fourth-order valence-electron chi connectivity index (χ4n) is 3.04. The first-order valence-electron chi connectivity index (χ1n) is 7.24. The molecule has 0 spiro atoms. The summed E-state index contributed by atoms with van der Waals surface area (Å²) in [6.07, 6.45) is 2.03. The molecule has 1 fully saturated rings. The van der Waals surface area contributed by atoms with E-state index in [4.69, 9.17) is 0 Å². The molecule has 1 aromatic heterocycles.